The molecule has 0 unspecified atom stereocenters. The minimum atomic E-state index is -0.202. The van der Waals surface area contributed by atoms with Crippen molar-refractivity contribution in [1.29, 1.82) is 0 Å². The van der Waals surface area contributed by atoms with Gasteiger partial charge in [0.25, 0.3) is 5.91 Å². The molecule has 0 aliphatic rings. The fraction of sp³-hybridized carbons (Fsp3) is 0.222. The zero-order valence-corrected chi connectivity index (χ0v) is 8.00. The Kier molecular flexibility index (Phi) is 3.17. The standard InChI is InChI=1S/C9H11N3O2/c1-6(13)12-8-4-3-7(5-11-8)9(14)10-2/h3-5H,1-2H3,(H,10,14)(H,11,12,13). The number of nitrogens with zero attached hydrogens (tertiary/aromatic N) is 1. The van der Waals surface area contributed by atoms with Crippen molar-refractivity contribution in [2.24, 2.45) is 0 Å². The first-order chi connectivity index (χ1) is 6.63. The molecule has 0 aliphatic heterocycles. The van der Waals surface area contributed by atoms with Crippen LogP contribution in [0.25, 0.3) is 0 Å². The van der Waals surface area contributed by atoms with E-state index in [1.165, 1.54) is 13.1 Å². The van der Waals surface area contributed by atoms with Crippen molar-refractivity contribution < 1.29 is 9.59 Å². The molecular weight excluding hydrogens is 182 g/mol. The number of hydrogen-bond acceptors (Lipinski definition) is 3. The highest BCUT2D eigenvalue weighted by atomic mass is 16.2. The van der Waals surface area contributed by atoms with E-state index in [9.17, 15) is 9.59 Å². The van der Waals surface area contributed by atoms with E-state index in [4.69, 9.17) is 0 Å². The van der Waals surface area contributed by atoms with E-state index >= 15 is 0 Å². The lowest BCUT2D eigenvalue weighted by Gasteiger charge is -2.02. The van der Waals surface area contributed by atoms with Gasteiger partial charge in [0, 0.05) is 20.2 Å². The van der Waals surface area contributed by atoms with Gasteiger partial charge in [0.2, 0.25) is 5.91 Å². The van der Waals surface area contributed by atoms with Gasteiger partial charge < -0.3 is 10.6 Å². The lowest BCUT2D eigenvalue weighted by Crippen LogP contribution is -2.18. The molecule has 1 heterocycles. The summed E-state index contributed by atoms with van der Waals surface area (Å²) < 4.78 is 0. The number of pyridine rings is 1. The van der Waals surface area contributed by atoms with E-state index in [2.05, 4.69) is 15.6 Å². The van der Waals surface area contributed by atoms with Crippen LogP contribution in [0.4, 0.5) is 5.82 Å². The number of amides is 2. The number of hydrogen-bond donors (Lipinski definition) is 2. The van der Waals surface area contributed by atoms with Gasteiger partial charge in [-0.25, -0.2) is 4.98 Å². The molecule has 0 radical (unpaired) electrons. The first-order valence-corrected chi connectivity index (χ1v) is 4.09. The average Bonchev–Trinajstić information content (AvgIpc) is 2.17. The van der Waals surface area contributed by atoms with Gasteiger partial charge in [0.05, 0.1) is 5.56 Å². The van der Waals surface area contributed by atoms with Crippen molar-refractivity contribution in [3.05, 3.63) is 23.9 Å². The Balaban J connectivity index is 2.78. The highest BCUT2D eigenvalue weighted by molar-refractivity contribution is 5.94. The molecule has 1 aromatic heterocycles. The molecule has 5 nitrogen and oxygen atoms in total. The van der Waals surface area contributed by atoms with Gasteiger partial charge >= 0.3 is 0 Å². The van der Waals surface area contributed by atoms with Crippen LogP contribution < -0.4 is 10.6 Å². The fourth-order valence-electron chi connectivity index (χ4n) is 0.927. The lowest BCUT2D eigenvalue weighted by molar-refractivity contribution is -0.114. The molecule has 2 amide bonds. The normalized spacial score (nSPS) is 9.29. The highest BCUT2D eigenvalue weighted by Gasteiger charge is 2.03. The van der Waals surface area contributed by atoms with Crippen molar-refractivity contribution >= 4 is 17.6 Å². The zero-order chi connectivity index (χ0) is 10.6. The maximum atomic E-state index is 11.1. The number of carbonyl (C=O) groups excluding carboxylic acids is 2. The summed E-state index contributed by atoms with van der Waals surface area (Å²) in [4.78, 5) is 25.7. The molecule has 0 spiro atoms. The molecule has 0 saturated heterocycles. The molecule has 0 atom stereocenters. The summed E-state index contributed by atoms with van der Waals surface area (Å²) in [6.45, 7) is 1.40. The zero-order valence-electron chi connectivity index (χ0n) is 8.00. The number of carbonyl (C=O) groups is 2. The summed E-state index contributed by atoms with van der Waals surface area (Å²) in [7, 11) is 1.55. The Bertz CT molecular complexity index is 346. The van der Waals surface area contributed by atoms with Gasteiger partial charge in [0.15, 0.2) is 0 Å². The predicted molar refractivity (Wildman–Crippen MR) is 51.9 cm³/mol. The Morgan fingerprint density at radius 1 is 1.36 bits per heavy atom. The molecule has 0 aromatic carbocycles. The second kappa shape index (κ2) is 4.36. The van der Waals surface area contributed by atoms with Gasteiger partial charge in [-0.1, -0.05) is 0 Å². The number of aromatic nitrogens is 1. The molecule has 5 heteroatoms. The smallest absolute Gasteiger partial charge is 0.252 e. The van der Waals surface area contributed by atoms with Crippen LogP contribution in [0.1, 0.15) is 17.3 Å². The van der Waals surface area contributed by atoms with Gasteiger partial charge in [-0.2, -0.15) is 0 Å². The molecule has 0 bridgehead atoms. The first kappa shape index (κ1) is 10.2. The van der Waals surface area contributed by atoms with Crippen molar-refractivity contribution in [2.75, 3.05) is 12.4 Å². The highest BCUT2D eigenvalue weighted by Crippen LogP contribution is 2.04. The van der Waals surface area contributed by atoms with E-state index in [1.54, 1.807) is 19.2 Å². The summed E-state index contributed by atoms with van der Waals surface area (Å²) in [5.41, 5.74) is 0.460. The van der Waals surface area contributed by atoms with Crippen LogP contribution in [0.5, 0.6) is 0 Å². The average molecular weight is 193 g/mol. The summed E-state index contributed by atoms with van der Waals surface area (Å²) >= 11 is 0. The largest absolute Gasteiger partial charge is 0.355 e. The molecule has 14 heavy (non-hydrogen) atoms. The maximum absolute atomic E-state index is 11.1. The molecule has 2 N–H and O–H groups in total. The summed E-state index contributed by atoms with van der Waals surface area (Å²) in [6, 6.07) is 3.17. The van der Waals surface area contributed by atoms with E-state index in [-0.39, 0.29) is 11.8 Å². The third-order valence-electron chi connectivity index (χ3n) is 1.56. The lowest BCUT2D eigenvalue weighted by atomic mass is 10.2. The first-order valence-electron chi connectivity index (χ1n) is 4.09. The van der Waals surface area contributed by atoms with Crippen LogP contribution in [0.2, 0.25) is 0 Å². The molecule has 0 saturated carbocycles. The predicted octanol–water partition coefficient (Wildman–Crippen LogP) is 0.400. The Morgan fingerprint density at radius 3 is 2.50 bits per heavy atom. The number of anilines is 1. The Labute approximate surface area is 81.5 Å². The second-order valence-electron chi connectivity index (χ2n) is 2.69. The summed E-state index contributed by atoms with van der Waals surface area (Å²) in [6.07, 6.45) is 1.41. The van der Waals surface area contributed by atoms with Crippen molar-refractivity contribution in [2.45, 2.75) is 6.92 Å². The van der Waals surface area contributed by atoms with Crippen molar-refractivity contribution in [3.8, 4) is 0 Å². The van der Waals surface area contributed by atoms with Crippen LogP contribution in [0, 0.1) is 0 Å². The summed E-state index contributed by atoms with van der Waals surface area (Å²) in [5.74, 6) is 0.0437. The van der Waals surface area contributed by atoms with E-state index in [0.717, 1.165) is 0 Å². The van der Waals surface area contributed by atoms with E-state index in [1.807, 2.05) is 0 Å². The maximum Gasteiger partial charge on any atom is 0.252 e. The van der Waals surface area contributed by atoms with Crippen molar-refractivity contribution in [3.63, 3.8) is 0 Å². The minimum Gasteiger partial charge on any atom is -0.355 e. The third kappa shape index (κ3) is 2.55. The fourth-order valence-corrected chi connectivity index (χ4v) is 0.927. The van der Waals surface area contributed by atoms with E-state index in [0.29, 0.717) is 11.4 Å². The molecule has 1 aromatic rings. The second-order valence-corrected chi connectivity index (χ2v) is 2.69. The molecular formula is C9H11N3O2. The van der Waals surface area contributed by atoms with Crippen LogP contribution in [0.15, 0.2) is 18.3 Å². The van der Waals surface area contributed by atoms with Crippen LogP contribution >= 0.6 is 0 Å². The van der Waals surface area contributed by atoms with Gasteiger partial charge in [-0.15, -0.1) is 0 Å². The van der Waals surface area contributed by atoms with Crippen LogP contribution in [-0.4, -0.2) is 23.8 Å². The minimum absolute atomic E-state index is 0.190. The van der Waals surface area contributed by atoms with E-state index < -0.39 is 0 Å². The molecule has 1 rings (SSSR count). The van der Waals surface area contributed by atoms with Gasteiger partial charge in [-0.3, -0.25) is 9.59 Å². The van der Waals surface area contributed by atoms with Crippen LogP contribution in [-0.2, 0) is 4.79 Å². The summed E-state index contributed by atoms with van der Waals surface area (Å²) in [5, 5.41) is 4.98. The third-order valence-corrected chi connectivity index (χ3v) is 1.56. The van der Waals surface area contributed by atoms with Gasteiger partial charge in [-0.05, 0) is 12.1 Å². The molecule has 0 aliphatic carbocycles. The Hall–Kier alpha value is -1.91. The quantitative estimate of drug-likeness (QED) is 0.714. The molecule has 0 fully saturated rings. The monoisotopic (exact) mass is 193 g/mol. The SMILES string of the molecule is CNC(=O)c1ccc(NC(C)=O)nc1. The van der Waals surface area contributed by atoms with Gasteiger partial charge in [0.1, 0.15) is 5.82 Å². The molecule has 74 valence electrons. The topological polar surface area (TPSA) is 71.1 Å². The number of nitrogens with one attached hydrogen (secondary N) is 2. The van der Waals surface area contributed by atoms with Crippen molar-refractivity contribution in [1.82, 2.24) is 10.3 Å². The number of rotatable bonds is 2. The van der Waals surface area contributed by atoms with Crippen LogP contribution in [0.3, 0.4) is 0 Å². The Morgan fingerprint density at radius 2 is 2.07 bits per heavy atom.